The number of nitrogens with zero attached hydrogens (tertiary/aromatic N) is 2. The molecule has 0 spiro atoms. The minimum atomic E-state index is -0.812. The third kappa shape index (κ3) is 2.08. The molecule has 0 aliphatic heterocycles. The number of aryl methyl sites for hydroxylation is 1. The van der Waals surface area contributed by atoms with E-state index in [-0.39, 0.29) is 5.92 Å². The Labute approximate surface area is 110 Å². The Morgan fingerprint density at radius 3 is 2.72 bits per heavy atom. The maximum Gasteiger partial charge on any atom is 0.306 e. The third-order valence-corrected chi connectivity index (χ3v) is 3.66. The van der Waals surface area contributed by atoms with Crippen molar-refractivity contribution in [3.63, 3.8) is 0 Å². The van der Waals surface area contributed by atoms with E-state index in [1.54, 1.807) is 13.0 Å². The molecule has 0 bridgehead atoms. The second-order valence-electron chi connectivity index (χ2n) is 4.58. The van der Waals surface area contributed by atoms with Crippen LogP contribution < -0.4 is 0 Å². The van der Waals surface area contributed by atoms with Crippen LogP contribution in [-0.4, -0.2) is 20.6 Å². The summed E-state index contributed by atoms with van der Waals surface area (Å²) in [5, 5.41) is 9.71. The summed E-state index contributed by atoms with van der Waals surface area (Å²) >= 11 is 5.96. The number of fused-ring (bicyclic) bond motifs is 1. The number of imidazole rings is 1. The van der Waals surface area contributed by atoms with Gasteiger partial charge in [-0.2, -0.15) is 0 Å². The maximum atomic E-state index is 11.0. The van der Waals surface area contributed by atoms with Crippen molar-refractivity contribution in [1.29, 1.82) is 0 Å². The molecule has 2 unspecified atom stereocenters. The molecule has 1 heterocycles. The van der Waals surface area contributed by atoms with E-state index in [4.69, 9.17) is 16.7 Å². The Kier molecular flexibility index (Phi) is 3.30. The molecule has 0 aliphatic rings. The Morgan fingerprint density at radius 2 is 2.11 bits per heavy atom. The van der Waals surface area contributed by atoms with Gasteiger partial charge in [-0.05, 0) is 18.2 Å². The molecule has 0 saturated heterocycles. The predicted octanol–water partition coefficient (Wildman–Crippen LogP) is 3.05. The molecule has 0 amide bonds. The zero-order valence-electron chi connectivity index (χ0n) is 10.5. The molecule has 1 aromatic carbocycles. The fourth-order valence-corrected chi connectivity index (χ4v) is 2.19. The molecule has 0 radical (unpaired) electrons. The minimum Gasteiger partial charge on any atom is -0.481 e. The molecular weight excluding hydrogens is 252 g/mol. The van der Waals surface area contributed by atoms with Gasteiger partial charge in [-0.15, -0.1) is 0 Å². The molecular formula is C13H15ClN2O2. The van der Waals surface area contributed by atoms with E-state index in [1.165, 1.54) is 0 Å². The first kappa shape index (κ1) is 12.9. The number of carbonyl (C=O) groups is 1. The Hall–Kier alpha value is -1.55. The number of aliphatic carboxylic acids is 1. The van der Waals surface area contributed by atoms with Crippen LogP contribution in [0.5, 0.6) is 0 Å². The minimum absolute atomic E-state index is 0.154. The summed E-state index contributed by atoms with van der Waals surface area (Å²) in [6, 6.07) is 5.47. The van der Waals surface area contributed by atoms with Crippen LogP contribution in [0.1, 0.15) is 25.6 Å². The van der Waals surface area contributed by atoms with Crippen LogP contribution in [0.4, 0.5) is 0 Å². The first-order valence-electron chi connectivity index (χ1n) is 5.76. The quantitative estimate of drug-likeness (QED) is 0.929. The van der Waals surface area contributed by atoms with Crippen molar-refractivity contribution in [2.75, 3.05) is 0 Å². The molecule has 1 aromatic heterocycles. The van der Waals surface area contributed by atoms with Gasteiger partial charge in [0.25, 0.3) is 0 Å². The highest BCUT2D eigenvalue weighted by Crippen LogP contribution is 2.27. The molecule has 0 aliphatic carbocycles. The molecule has 0 fully saturated rings. The number of hydrogen-bond donors (Lipinski definition) is 1. The van der Waals surface area contributed by atoms with E-state index in [9.17, 15) is 4.79 Å². The molecule has 2 aromatic rings. The normalized spacial score (nSPS) is 14.7. The summed E-state index contributed by atoms with van der Waals surface area (Å²) in [6.07, 6.45) is 0. The lowest BCUT2D eigenvalue weighted by Crippen LogP contribution is -2.19. The highest BCUT2D eigenvalue weighted by molar-refractivity contribution is 6.31. The highest BCUT2D eigenvalue weighted by Gasteiger charge is 2.25. The fourth-order valence-electron chi connectivity index (χ4n) is 2.03. The second-order valence-corrected chi connectivity index (χ2v) is 5.01. The van der Waals surface area contributed by atoms with E-state index in [0.29, 0.717) is 5.02 Å². The molecule has 96 valence electrons. The second kappa shape index (κ2) is 4.61. The molecule has 18 heavy (non-hydrogen) atoms. The SMILES string of the molecule is CC(C(=O)O)C(C)c1nc2ccc(Cl)cc2n1C. The predicted molar refractivity (Wildman–Crippen MR) is 70.9 cm³/mol. The highest BCUT2D eigenvalue weighted by atomic mass is 35.5. The first-order valence-corrected chi connectivity index (χ1v) is 6.14. The lowest BCUT2D eigenvalue weighted by atomic mass is 9.95. The van der Waals surface area contributed by atoms with Gasteiger partial charge < -0.3 is 9.67 Å². The van der Waals surface area contributed by atoms with Crippen molar-refractivity contribution in [1.82, 2.24) is 9.55 Å². The van der Waals surface area contributed by atoms with Crippen LogP contribution in [0, 0.1) is 5.92 Å². The molecule has 4 nitrogen and oxygen atoms in total. The Morgan fingerprint density at radius 1 is 1.44 bits per heavy atom. The summed E-state index contributed by atoms with van der Waals surface area (Å²) in [6.45, 7) is 3.57. The average Bonchev–Trinajstić information content (AvgIpc) is 2.65. The first-order chi connectivity index (χ1) is 8.41. The zero-order chi connectivity index (χ0) is 13.4. The van der Waals surface area contributed by atoms with Crippen molar-refractivity contribution >= 4 is 28.6 Å². The van der Waals surface area contributed by atoms with Gasteiger partial charge in [0.15, 0.2) is 0 Å². The van der Waals surface area contributed by atoms with Crippen LogP contribution >= 0.6 is 11.6 Å². The number of carboxylic acid groups (broad SMARTS) is 1. The summed E-state index contributed by atoms with van der Waals surface area (Å²) in [4.78, 5) is 15.5. The van der Waals surface area contributed by atoms with Crippen molar-refractivity contribution in [3.05, 3.63) is 29.0 Å². The van der Waals surface area contributed by atoms with Gasteiger partial charge in [-0.25, -0.2) is 4.98 Å². The monoisotopic (exact) mass is 266 g/mol. The number of benzene rings is 1. The van der Waals surface area contributed by atoms with Crippen molar-refractivity contribution < 1.29 is 9.90 Å². The van der Waals surface area contributed by atoms with Gasteiger partial charge in [0.2, 0.25) is 0 Å². The third-order valence-electron chi connectivity index (χ3n) is 3.42. The number of rotatable bonds is 3. The number of carboxylic acids is 1. The number of hydrogen-bond acceptors (Lipinski definition) is 2. The van der Waals surface area contributed by atoms with Crippen molar-refractivity contribution in [2.45, 2.75) is 19.8 Å². The van der Waals surface area contributed by atoms with Crippen LogP contribution in [0.3, 0.4) is 0 Å². The van der Waals surface area contributed by atoms with Gasteiger partial charge in [0.05, 0.1) is 17.0 Å². The topological polar surface area (TPSA) is 55.1 Å². The lowest BCUT2D eigenvalue weighted by molar-refractivity contribution is -0.141. The van der Waals surface area contributed by atoms with Crippen LogP contribution in [-0.2, 0) is 11.8 Å². The van der Waals surface area contributed by atoms with E-state index in [0.717, 1.165) is 16.9 Å². The van der Waals surface area contributed by atoms with Crippen LogP contribution in [0.15, 0.2) is 18.2 Å². The van der Waals surface area contributed by atoms with Gasteiger partial charge in [0.1, 0.15) is 5.82 Å². The van der Waals surface area contributed by atoms with Crippen LogP contribution in [0.2, 0.25) is 5.02 Å². The summed E-state index contributed by atoms with van der Waals surface area (Å²) in [5.74, 6) is -0.676. The van der Waals surface area contributed by atoms with Gasteiger partial charge >= 0.3 is 5.97 Å². The molecule has 0 saturated carbocycles. The Balaban J connectivity index is 2.52. The van der Waals surface area contributed by atoms with Crippen molar-refractivity contribution in [2.24, 2.45) is 13.0 Å². The zero-order valence-corrected chi connectivity index (χ0v) is 11.3. The van der Waals surface area contributed by atoms with Crippen molar-refractivity contribution in [3.8, 4) is 0 Å². The van der Waals surface area contributed by atoms with E-state index >= 15 is 0 Å². The number of halogens is 1. The lowest BCUT2D eigenvalue weighted by Gasteiger charge is -2.15. The Bertz CT molecular complexity index is 606. The average molecular weight is 267 g/mol. The summed E-state index contributed by atoms with van der Waals surface area (Å²) in [5.41, 5.74) is 1.75. The largest absolute Gasteiger partial charge is 0.481 e. The van der Waals surface area contributed by atoms with Gasteiger partial charge in [-0.3, -0.25) is 4.79 Å². The smallest absolute Gasteiger partial charge is 0.306 e. The summed E-state index contributed by atoms with van der Waals surface area (Å²) in [7, 11) is 1.88. The van der Waals surface area contributed by atoms with Crippen LogP contribution in [0.25, 0.3) is 11.0 Å². The summed E-state index contributed by atoms with van der Waals surface area (Å²) < 4.78 is 1.91. The van der Waals surface area contributed by atoms with E-state index < -0.39 is 11.9 Å². The van der Waals surface area contributed by atoms with Gasteiger partial charge in [-0.1, -0.05) is 25.4 Å². The van der Waals surface area contributed by atoms with E-state index in [2.05, 4.69) is 4.98 Å². The van der Waals surface area contributed by atoms with Gasteiger partial charge in [0, 0.05) is 18.0 Å². The molecule has 2 rings (SSSR count). The fraction of sp³-hybridized carbons (Fsp3) is 0.385. The van der Waals surface area contributed by atoms with E-state index in [1.807, 2.05) is 30.7 Å². The standard InChI is InChI=1S/C13H15ClN2O2/c1-7(8(2)13(17)18)12-15-10-5-4-9(14)6-11(10)16(12)3/h4-8H,1-3H3,(H,17,18). The molecule has 5 heteroatoms. The number of aromatic nitrogens is 2. The maximum absolute atomic E-state index is 11.0. The molecule has 1 N–H and O–H groups in total. The molecule has 2 atom stereocenters.